The molecule has 98 valence electrons. The highest BCUT2D eigenvalue weighted by atomic mass is 127. The minimum Gasteiger partial charge on any atom is -0.355 e. The molecule has 0 aliphatic heterocycles. The highest BCUT2D eigenvalue weighted by Gasteiger charge is 1.99. The summed E-state index contributed by atoms with van der Waals surface area (Å²) in [6, 6.07) is 0.387. The Morgan fingerprint density at radius 1 is 1.53 bits per heavy atom. The Bertz CT molecular complexity index is 345. The van der Waals surface area contributed by atoms with Crippen LogP contribution in [0.1, 0.15) is 19.4 Å². The molecule has 0 aliphatic carbocycles. The van der Waals surface area contributed by atoms with Crippen molar-refractivity contribution in [2.75, 3.05) is 13.6 Å². The number of nitrogens with zero attached hydrogens (tertiary/aromatic N) is 3. The van der Waals surface area contributed by atoms with Crippen molar-refractivity contribution in [1.29, 1.82) is 0 Å². The normalized spacial score (nSPS) is 11.2. The lowest BCUT2D eigenvalue weighted by Crippen LogP contribution is -2.42. The maximum Gasteiger partial charge on any atom is 0.191 e. The monoisotopic (exact) mass is 351 g/mol. The van der Waals surface area contributed by atoms with Crippen molar-refractivity contribution >= 4 is 29.9 Å². The summed E-state index contributed by atoms with van der Waals surface area (Å²) in [5, 5.41) is 10.7. The quantitative estimate of drug-likeness (QED) is 0.490. The number of aromatic nitrogens is 2. The molecule has 0 aliphatic rings. The van der Waals surface area contributed by atoms with Crippen LogP contribution >= 0.6 is 24.0 Å². The molecule has 0 amide bonds. The number of halogens is 1. The topological polar surface area (TPSA) is 54.2 Å². The summed E-state index contributed by atoms with van der Waals surface area (Å²) in [6.07, 6.45) is 3.89. The van der Waals surface area contributed by atoms with Crippen molar-refractivity contribution in [3.05, 3.63) is 18.0 Å². The molecule has 6 heteroatoms. The van der Waals surface area contributed by atoms with Gasteiger partial charge in [0.2, 0.25) is 0 Å². The summed E-state index contributed by atoms with van der Waals surface area (Å²) in [6.45, 7) is 7.86. The smallest absolute Gasteiger partial charge is 0.191 e. The fourth-order valence-electron chi connectivity index (χ4n) is 1.35. The van der Waals surface area contributed by atoms with Gasteiger partial charge in [-0.05, 0) is 26.3 Å². The molecule has 0 saturated carbocycles. The molecule has 0 radical (unpaired) electrons. The Kier molecular flexibility index (Phi) is 7.94. The van der Waals surface area contributed by atoms with E-state index in [1.807, 2.05) is 24.0 Å². The highest BCUT2D eigenvalue weighted by Crippen LogP contribution is 1.92. The van der Waals surface area contributed by atoms with Gasteiger partial charge in [-0.3, -0.25) is 9.67 Å². The first kappa shape index (κ1) is 16.2. The number of hydrogen-bond acceptors (Lipinski definition) is 2. The Hall–Kier alpha value is -0.790. The van der Waals surface area contributed by atoms with Crippen molar-refractivity contribution in [1.82, 2.24) is 20.4 Å². The van der Waals surface area contributed by atoms with E-state index in [2.05, 4.69) is 34.6 Å². The van der Waals surface area contributed by atoms with Crippen LogP contribution in [0.4, 0.5) is 0 Å². The number of hydrogen-bond donors (Lipinski definition) is 2. The van der Waals surface area contributed by atoms with Gasteiger partial charge < -0.3 is 10.6 Å². The fourth-order valence-corrected chi connectivity index (χ4v) is 1.35. The lowest BCUT2D eigenvalue weighted by atomic mass is 10.4. The van der Waals surface area contributed by atoms with Crippen molar-refractivity contribution in [2.24, 2.45) is 4.99 Å². The van der Waals surface area contributed by atoms with E-state index >= 15 is 0 Å². The van der Waals surface area contributed by atoms with Gasteiger partial charge in [0.05, 0.1) is 12.7 Å². The molecule has 1 aromatic heterocycles. The van der Waals surface area contributed by atoms with Crippen LogP contribution in [0.2, 0.25) is 0 Å². The van der Waals surface area contributed by atoms with Crippen LogP contribution in [0.3, 0.4) is 0 Å². The van der Waals surface area contributed by atoms with Crippen molar-refractivity contribution in [3.63, 3.8) is 0 Å². The van der Waals surface area contributed by atoms with Crippen molar-refractivity contribution in [2.45, 2.75) is 33.4 Å². The minimum atomic E-state index is 0. The molecular formula is C11H22IN5. The van der Waals surface area contributed by atoms with Gasteiger partial charge in [-0.2, -0.15) is 5.10 Å². The summed E-state index contributed by atoms with van der Waals surface area (Å²) in [5.74, 6) is 0.832. The molecule has 0 fully saturated rings. The summed E-state index contributed by atoms with van der Waals surface area (Å²) in [5.41, 5.74) is 1.18. The van der Waals surface area contributed by atoms with E-state index in [9.17, 15) is 0 Å². The van der Waals surface area contributed by atoms with E-state index in [4.69, 9.17) is 0 Å². The second kappa shape index (κ2) is 8.32. The van der Waals surface area contributed by atoms with Crippen LogP contribution in [0.25, 0.3) is 0 Å². The average Bonchev–Trinajstić information content (AvgIpc) is 2.62. The van der Waals surface area contributed by atoms with E-state index in [1.165, 1.54) is 5.56 Å². The standard InChI is InChI=1S/C11H21N5.HI/c1-9(2)15-11(12-4)13-5-6-16-8-10(3)7-14-16;/h7-9H,5-6H2,1-4H3,(H2,12,13,15);1H. The molecule has 17 heavy (non-hydrogen) atoms. The maximum absolute atomic E-state index is 4.22. The number of nitrogens with one attached hydrogen (secondary N) is 2. The molecule has 0 spiro atoms. The molecule has 0 bridgehead atoms. The van der Waals surface area contributed by atoms with Crippen molar-refractivity contribution in [3.8, 4) is 0 Å². The van der Waals surface area contributed by atoms with Gasteiger partial charge in [-0.1, -0.05) is 0 Å². The molecular weight excluding hydrogens is 329 g/mol. The van der Waals surface area contributed by atoms with Gasteiger partial charge >= 0.3 is 0 Å². The van der Waals surface area contributed by atoms with Crippen LogP contribution < -0.4 is 10.6 Å². The third-order valence-corrected chi connectivity index (χ3v) is 2.04. The molecule has 1 heterocycles. The van der Waals surface area contributed by atoms with E-state index in [1.54, 1.807) is 7.05 Å². The summed E-state index contributed by atoms with van der Waals surface area (Å²) >= 11 is 0. The molecule has 0 atom stereocenters. The zero-order valence-electron chi connectivity index (χ0n) is 10.9. The summed E-state index contributed by atoms with van der Waals surface area (Å²) in [7, 11) is 1.77. The molecule has 5 nitrogen and oxygen atoms in total. The number of guanidine groups is 1. The lowest BCUT2D eigenvalue weighted by molar-refractivity contribution is 0.592. The Labute approximate surface area is 120 Å². The largest absolute Gasteiger partial charge is 0.355 e. The lowest BCUT2D eigenvalue weighted by Gasteiger charge is -2.14. The first-order valence-corrected chi connectivity index (χ1v) is 5.58. The SMILES string of the molecule is CN=C(NCCn1cc(C)cn1)NC(C)C.I. The first-order chi connectivity index (χ1) is 7.61. The molecule has 0 aromatic carbocycles. The van der Waals surface area contributed by atoms with Gasteiger partial charge in [-0.15, -0.1) is 24.0 Å². The number of aryl methyl sites for hydroxylation is 1. The molecule has 0 saturated heterocycles. The second-order valence-electron chi connectivity index (χ2n) is 4.08. The van der Waals surface area contributed by atoms with Gasteiger partial charge in [0, 0.05) is 25.8 Å². The molecule has 0 unspecified atom stereocenters. The average molecular weight is 351 g/mol. The van der Waals surface area contributed by atoms with E-state index in [-0.39, 0.29) is 24.0 Å². The van der Waals surface area contributed by atoms with Crippen LogP contribution in [-0.2, 0) is 6.54 Å². The highest BCUT2D eigenvalue weighted by molar-refractivity contribution is 14.0. The maximum atomic E-state index is 4.22. The third-order valence-electron chi connectivity index (χ3n) is 2.04. The molecule has 2 N–H and O–H groups in total. The summed E-state index contributed by atoms with van der Waals surface area (Å²) in [4.78, 5) is 4.13. The molecule has 1 rings (SSSR count). The molecule has 1 aromatic rings. The van der Waals surface area contributed by atoms with Gasteiger partial charge in [0.1, 0.15) is 0 Å². The Balaban J connectivity index is 0.00000256. The van der Waals surface area contributed by atoms with E-state index in [0.29, 0.717) is 6.04 Å². The van der Waals surface area contributed by atoms with Crippen LogP contribution in [0.5, 0.6) is 0 Å². The second-order valence-corrected chi connectivity index (χ2v) is 4.08. The predicted molar refractivity (Wildman–Crippen MR) is 82.0 cm³/mol. The summed E-state index contributed by atoms with van der Waals surface area (Å²) < 4.78 is 1.92. The van der Waals surface area contributed by atoms with Crippen LogP contribution in [0.15, 0.2) is 17.4 Å². The number of rotatable bonds is 4. The van der Waals surface area contributed by atoms with Gasteiger partial charge in [0.25, 0.3) is 0 Å². The zero-order valence-corrected chi connectivity index (χ0v) is 13.2. The van der Waals surface area contributed by atoms with Crippen molar-refractivity contribution < 1.29 is 0 Å². The first-order valence-electron chi connectivity index (χ1n) is 5.58. The number of aliphatic imine (C=N–C) groups is 1. The Morgan fingerprint density at radius 2 is 2.24 bits per heavy atom. The van der Waals surface area contributed by atoms with E-state index < -0.39 is 0 Å². The third kappa shape index (κ3) is 6.50. The van der Waals surface area contributed by atoms with Gasteiger partial charge in [0.15, 0.2) is 5.96 Å². The van der Waals surface area contributed by atoms with Crippen LogP contribution in [-0.4, -0.2) is 35.4 Å². The predicted octanol–water partition coefficient (Wildman–Crippen LogP) is 1.38. The Morgan fingerprint density at radius 3 is 2.71 bits per heavy atom. The van der Waals surface area contributed by atoms with E-state index in [0.717, 1.165) is 19.0 Å². The van der Waals surface area contributed by atoms with Crippen LogP contribution in [0, 0.1) is 6.92 Å². The zero-order chi connectivity index (χ0) is 12.0. The van der Waals surface area contributed by atoms with Gasteiger partial charge in [-0.25, -0.2) is 0 Å². The minimum absolute atomic E-state index is 0. The fraction of sp³-hybridized carbons (Fsp3) is 0.636.